The van der Waals surface area contributed by atoms with E-state index in [-0.39, 0.29) is 11.1 Å². The molecule has 1 aromatic heterocycles. The molecule has 2 heterocycles. The maximum Gasteiger partial charge on any atom is 0.293 e. The molecule has 2 amide bonds. The average Bonchev–Trinajstić information content (AvgIpc) is 2.94. The fraction of sp³-hybridized carbons (Fsp3) is 0.263. The summed E-state index contributed by atoms with van der Waals surface area (Å²) in [5.41, 5.74) is 6.75. The van der Waals surface area contributed by atoms with Crippen LogP contribution in [0.5, 0.6) is 0 Å². The molecule has 1 aromatic carbocycles. The van der Waals surface area contributed by atoms with Gasteiger partial charge in [-0.1, -0.05) is 12.1 Å². The molecule has 24 heavy (non-hydrogen) atoms. The van der Waals surface area contributed by atoms with Crippen molar-refractivity contribution in [1.29, 1.82) is 0 Å². The summed E-state index contributed by atoms with van der Waals surface area (Å²) in [4.78, 5) is 25.4. The van der Waals surface area contributed by atoms with Crippen LogP contribution >= 0.6 is 11.8 Å². The third-order valence-corrected chi connectivity index (χ3v) is 5.52. The lowest BCUT2D eigenvalue weighted by Crippen LogP contribution is -2.22. The molecule has 0 saturated carbocycles. The van der Waals surface area contributed by atoms with E-state index in [0.717, 1.165) is 39.3 Å². The first-order chi connectivity index (χ1) is 11.3. The zero-order valence-corrected chi connectivity index (χ0v) is 15.3. The molecule has 4 nitrogen and oxygen atoms in total. The average molecular weight is 340 g/mol. The van der Waals surface area contributed by atoms with Gasteiger partial charge in [-0.15, -0.1) is 0 Å². The van der Waals surface area contributed by atoms with Crippen LogP contribution in [0.1, 0.15) is 28.1 Å². The van der Waals surface area contributed by atoms with E-state index < -0.39 is 0 Å². The van der Waals surface area contributed by atoms with Gasteiger partial charge in [0.25, 0.3) is 11.1 Å². The first-order valence-electron chi connectivity index (χ1n) is 7.78. The minimum atomic E-state index is -0.235. The standard InChI is InChI=1S/C19H20N2O2S/c1-11-7-6-8-16(13(11)3)21-12(2)9-15(14(21)4)10-17-18(22)20(5)19(23)24-17/h6-10H,1-5H3. The number of amides is 2. The Labute approximate surface area is 146 Å². The van der Waals surface area contributed by atoms with E-state index in [9.17, 15) is 9.59 Å². The predicted molar refractivity (Wildman–Crippen MR) is 98.5 cm³/mol. The van der Waals surface area contributed by atoms with Crippen LogP contribution in [0.3, 0.4) is 0 Å². The summed E-state index contributed by atoms with van der Waals surface area (Å²) in [6, 6.07) is 8.32. The van der Waals surface area contributed by atoms with Crippen LogP contribution < -0.4 is 0 Å². The van der Waals surface area contributed by atoms with Crippen molar-refractivity contribution in [2.75, 3.05) is 7.05 Å². The highest BCUT2D eigenvalue weighted by Gasteiger charge is 2.32. The van der Waals surface area contributed by atoms with Gasteiger partial charge in [-0.25, -0.2) is 0 Å². The van der Waals surface area contributed by atoms with Gasteiger partial charge in [-0.05, 0) is 74.4 Å². The number of aromatic nitrogens is 1. The summed E-state index contributed by atoms with van der Waals surface area (Å²) in [7, 11) is 1.51. The third-order valence-electron chi connectivity index (χ3n) is 4.56. The molecule has 0 bridgehead atoms. The Balaban J connectivity index is 2.10. The molecule has 124 valence electrons. The van der Waals surface area contributed by atoms with E-state index >= 15 is 0 Å². The molecule has 3 rings (SSSR count). The second kappa shape index (κ2) is 5.98. The Morgan fingerprint density at radius 2 is 1.79 bits per heavy atom. The van der Waals surface area contributed by atoms with Crippen molar-refractivity contribution >= 4 is 29.0 Å². The molecule has 2 aromatic rings. The number of thioether (sulfide) groups is 1. The lowest BCUT2D eigenvalue weighted by molar-refractivity contribution is -0.121. The lowest BCUT2D eigenvalue weighted by atomic mass is 10.1. The molecule has 1 fully saturated rings. The normalized spacial score (nSPS) is 16.5. The van der Waals surface area contributed by atoms with Gasteiger partial charge in [0.2, 0.25) is 0 Å². The number of hydrogen-bond donors (Lipinski definition) is 0. The van der Waals surface area contributed by atoms with Crippen molar-refractivity contribution in [1.82, 2.24) is 9.47 Å². The molecule has 1 aliphatic heterocycles. The van der Waals surface area contributed by atoms with Crippen LogP contribution in [0.15, 0.2) is 29.2 Å². The Bertz CT molecular complexity index is 893. The summed E-state index contributed by atoms with van der Waals surface area (Å²) in [6.07, 6.45) is 1.82. The van der Waals surface area contributed by atoms with E-state index in [1.807, 2.05) is 13.0 Å². The fourth-order valence-corrected chi connectivity index (χ4v) is 3.79. The second-order valence-electron chi connectivity index (χ2n) is 6.12. The molecule has 1 aliphatic rings. The van der Waals surface area contributed by atoms with Gasteiger partial charge in [0, 0.05) is 24.1 Å². The van der Waals surface area contributed by atoms with Gasteiger partial charge in [-0.3, -0.25) is 14.5 Å². The second-order valence-corrected chi connectivity index (χ2v) is 7.11. The molecule has 0 radical (unpaired) electrons. The summed E-state index contributed by atoms with van der Waals surface area (Å²) in [5.74, 6) is -0.235. The lowest BCUT2D eigenvalue weighted by Gasteiger charge is -2.14. The van der Waals surface area contributed by atoms with Crippen LogP contribution in [0.25, 0.3) is 11.8 Å². The molecule has 0 unspecified atom stereocenters. The largest absolute Gasteiger partial charge is 0.318 e. The third kappa shape index (κ3) is 2.59. The van der Waals surface area contributed by atoms with Crippen molar-refractivity contribution in [3.63, 3.8) is 0 Å². The Kier molecular flexibility index (Phi) is 4.13. The van der Waals surface area contributed by atoms with Gasteiger partial charge in [0.15, 0.2) is 0 Å². The molecule has 0 atom stereocenters. The number of likely N-dealkylation sites (N-methyl/N-ethyl adjacent to an activating group) is 1. The van der Waals surface area contributed by atoms with Crippen molar-refractivity contribution in [3.05, 3.63) is 57.2 Å². The van der Waals surface area contributed by atoms with Crippen LogP contribution in [-0.2, 0) is 4.79 Å². The molecule has 0 spiro atoms. The van der Waals surface area contributed by atoms with E-state index in [4.69, 9.17) is 0 Å². The zero-order valence-electron chi connectivity index (χ0n) is 14.5. The van der Waals surface area contributed by atoms with Crippen LogP contribution in [0.4, 0.5) is 4.79 Å². The van der Waals surface area contributed by atoms with Crippen molar-refractivity contribution in [2.24, 2.45) is 0 Å². The van der Waals surface area contributed by atoms with Gasteiger partial charge in [0.05, 0.1) is 4.91 Å². The quantitative estimate of drug-likeness (QED) is 0.762. The van der Waals surface area contributed by atoms with E-state index in [0.29, 0.717) is 4.91 Å². The van der Waals surface area contributed by atoms with Crippen LogP contribution in [0.2, 0.25) is 0 Å². The zero-order chi connectivity index (χ0) is 17.6. The first-order valence-corrected chi connectivity index (χ1v) is 8.60. The summed E-state index contributed by atoms with van der Waals surface area (Å²) in [5, 5.41) is -0.227. The summed E-state index contributed by atoms with van der Waals surface area (Å²) >= 11 is 0.991. The predicted octanol–water partition coefficient (Wildman–Crippen LogP) is 4.38. The summed E-state index contributed by atoms with van der Waals surface area (Å²) < 4.78 is 2.20. The van der Waals surface area contributed by atoms with Crippen molar-refractivity contribution in [2.45, 2.75) is 27.7 Å². The van der Waals surface area contributed by atoms with Crippen LogP contribution in [-0.4, -0.2) is 27.7 Å². The number of aryl methyl sites for hydroxylation is 2. The molecule has 1 saturated heterocycles. The van der Waals surface area contributed by atoms with Crippen molar-refractivity contribution < 1.29 is 9.59 Å². The summed E-state index contributed by atoms with van der Waals surface area (Å²) in [6.45, 7) is 8.31. The topological polar surface area (TPSA) is 42.3 Å². The fourth-order valence-electron chi connectivity index (χ4n) is 2.97. The van der Waals surface area contributed by atoms with Gasteiger partial charge >= 0.3 is 0 Å². The highest BCUT2D eigenvalue weighted by atomic mass is 32.2. The monoisotopic (exact) mass is 340 g/mol. The minimum Gasteiger partial charge on any atom is -0.318 e. The number of nitrogens with zero attached hydrogens (tertiary/aromatic N) is 2. The first kappa shape index (κ1) is 16.6. The number of hydrogen-bond acceptors (Lipinski definition) is 3. The van der Waals surface area contributed by atoms with Gasteiger partial charge in [-0.2, -0.15) is 0 Å². The smallest absolute Gasteiger partial charge is 0.293 e. The van der Waals surface area contributed by atoms with Crippen molar-refractivity contribution in [3.8, 4) is 5.69 Å². The molecule has 0 N–H and O–H groups in total. The maximum atomic E-state index is 12.1. The highest BCUT2D eigenvalue weighted by molar-refractivity contribution is 8.18. The molecule has 0 aliphatic carbocycles. The molecular formula is C19H20N2O2S. The Morgan fingerprint density at radius 3 is 2.42 bits per heavy atom. The Morgan fingerprint density at radius 1 is 1.08 bits per heavy atom. The maximum absolute atomic E-state index is 12.1. The van der Waals surface area contributed by atoms with E-state index in [1.54, 1.807) is 0 Å². The van der Waals surface area contributed by atoms with Gasteiger partial charge < -0.3 is 4.57 Å². The Hall–Kier alpha value is -2.27. The van der Waals surface area contributed by atoms with Gasteiger partial charge in [0.1, 0.15) is 0 Å². The number of benzene rings is 1. The number of carbonyl (C=O) groups is 2. The number of carbonyl (C=O) groups excluding carboxylic acids is 2. The number of imide groups is 1. The van der Waals surface area contributed by atoms with E-state index in [1.165, 1.54) is 18.2 Å². The minimum absolute atomic E-state index is 0.227. The molecular weight excluding hydrogens is 320 g/mol. The SMILES string of the molecule is Cc1cccc(-n2c(C)cc(C=C3SC(=O)N(C)C3=O)c2C)c1C. The highest BCUT2D eigenvalue weighted by Crippen LogP contribution is 2.33. The van der Waals surface area contributed by atoms with Crippen LogP contribution in [0, 0.1) is 27.7 Å². The number of rotatable bonds is 2. The molecule has 5 heteroatoms. The van der Waals surface area contributed by atoms with E-state index in [2.05, 4.69) is 49.6 Å².